The van der Waals surface area contributed by atoms with Gasteiger partial charge >= 0.3 is 0 Å². The number of benzene rings is 2. The molecule has 0 aliphatic rings. The third kappa shape index (κ3) is 5.57. The number of thioether (sulfide) groups is 1. The third-order valence-electron chi connectivity index (χ3n) is 4.31. The molecule has 0 bridgehead atoms. The number of carbonyl (C=O) groups is 1. The summed E-state index contributed by atoms with van der Waals surface area (Å²) >= 11 is 1.63. The second-order valence-electron chi connectivity index (χ2n) is 6.66. The van der Waals surface area contributed by atoms with E-state index in [2.05, 4.69) is 37.4 Å². The van der Waals surface area contributed by atoms with Crippen LogP contribution in [-0.2, 0) is 14.8 Å². The Balaban J connectivity index is 1.98. The second kappa shape index (κ2) is 8.91. The molecular formula is C20H26N2O3S2. The van der Waals surface area contributed by atoms with Crippen LogP contribution in [0.5, 0.6) is 0 Å². The minimum absolute atomic E-state index is 0.136. The van der Waals surface area contributed by atoms with E-state index in [0.29, 0.717) is 23.4 Å². The summed E-state index contributed by atoms with van der Waals surface area (Å²) in [6.07, 6.45) is 0.348. The average molecular weight is 407 g/mol. The molecule has 0 spiro atoms. The highest BCUT2D eigenvalue weighted by molar-refractivity contribution is 7.99. The van der Waals surface area contributed by atoms with Crippen molar-refractivity contribution in [2.45, 2.75) is 37.0 Å². The molecule has 0 fully saturated rings. The van der Waals surface area contributed by atoms with Gasteiger partial charge in [-0.3, -0.25) is 4.79 Å². The largest absolute Gasteiger partial charge is 0.326 e. The highest BCUT2D eigenvalue weighted by Crippen LogP contribution is 2.24. The van der Waals surface area contributed by atoms with E-state index in [-0.39, 0.29) is 10.8 Å². The van der Waals surface area contributed by atoms with Crippen LogP contribution < -0.4 is 5.32 Å². The van der Waals surface area contributed by atoms with Gasteiger partial charge < -0.3 is 5.32 Å². The highest BCUT2D eigenvalue weighted by Gasteiger charge is 2.20. The molecule has 7 heteroatoms. The van der Waals surface area contributed by atoms with Crippen LogP contribution in [0.3, 0.4) is 0 Å². The van der Waals surface area contributed by atoms with Crippen LogP contribution in [-0.4, -0.2) is 38.5 Å². The van der Waals surface area contributed by atoms with Crippen molar-refractivity contribution in [2.24, 2.45) is 0 Å². The normalized spacial score (nSPS) is 11.6. The van der Waals surface area contributed by atoms with Crippen molar-refractivity contribution in [3.63, 3.8) is 0 Å². The van der Waals surface area contributed by atoms with Gasteiger partial charge in [-0.25, -0.2) is 12.7 Å². The third-order valence-corrected chi connectivity index (χ3v) is 7.26. The van der Waals surface area contributed by atoms with Crippen molar-refractivity contribution in [1.29, 1.82) is 0 Å². The van der Waals surface area contributed by atoms with Gasteiger partial charge in [0, 0.05) is 36.9 Å². The van der Waals surface area contributed by atoms with Crippen LogP contribution in [0.1, 0.15) is 23.1 Å². The van der Waals surface area contributed by atoms with Gasteiger partial charge in [0.25, 0.3) is 0 Å². The molecule has 0 aliphatic carbocycles. The molecule has 0 saturated heterocycles. The summed E-state index contributed by atoms with van der Waals surface area (Å²) in [4.78, 5) is 13.6. The Bertz CT molecular complexity index is 938. The average Bonchev–Trinajstić information content (AvgIpc) is 2.59. The second-order valence-corrected chi connectivity index (χ2v) is 9.95. The first-order chi connectivity index (χ1) is 12.6. The van der Waals surface area contributed by atoms with Gasteiger partial charge in [0.05, 0.1) is 4.90 Å². The molecule has 146 valence electrons. The fourth-order valence-corrected chi connectivity index (χ4v) is 4.53. The van der Waals surface area contributed by atoms with Crippen molar-refractivity contribution in [3.05, 3.63) is 53.1 Å². The molecule has 0 aromatic heterocycles. The fraction of sp³-hybridized carbons (Fsp3) is 0.350. The van der Waals surface area contributed by atoms with Crippen LogP contribution >= 0.6 is 11.8 Å². The number of aryl methyl sites for hydroxylation is 3. The smallest absolute Gasteiger partial charge is 0.242 e. The number of nitrogens with zero attached hydrogens (tertiary/aromatic N) is 1. The molecule has 1 amide bonds. The number of hydrogen-bond donors (Lipinski definition) is 1. The summed E-state index contributed by atoms with van der Waals surface area (Å²) in [5.74, 6) is 0.520. The Kier molecular flexibility index (Phi) is 7.08. The van der Waals surface area contributed by atoms with Crippen molar-refractivity contribution >= 4 is 33.4 Å². The van der Waals surface area contributed by atoms with Gasteiger partial charge in [-0.15, -0.1) is 11.8 Å². The first kappa shape index (κ1) is 21.5. The lowest BCUT2D eigenvalue weighted by molar-refractivity contribution is -0.115. The summed E-state index contributed by atoms with van der Waals surface area (Å²) in [6.45, 7) is 5.88. The van der Waals surface area contributed by atoms with Crippen LogP contribution in [0.2, 0.25) is 0 Å². The molecule has 2 aromatic carbocycles. The fourth-order valence-electron chi connectivity index (χ4n) is 2.44. The maximum atomic E-state index is 12.4. The number of rotatable bonds is 7. The lowest BCUT2D eigenvalue weighted by Gasteiger charge is -2.15. The standard InChI is InChI=1S/C20H26N2O3S2/c1-14-7-9-18(12-16(14)3)26-11-10-20(23)21-17-8-6-15(2)19(13-17)27(24,25)22(4)5/h6-9,12-13H,10-11H2,1-5H3,(H,21,23). The van der Waals surface area contributed by atoms with E-state index < -0.39 is 10.0 Å². The van der Waals surface area contributed by atoms with E-state index in [9.17, 15) is 13.2 Å². The Morgan fingerprint density at radius 3 is 2.30 bits per heavy atom. The molecular weight excluding hydrogens is 380 g/mol. The SMILES string of the molecule is Cc1ccc(SCCC(=O)Nc2ccc(C)c(S(=O)(=O)N(C)C)c2)cc1C. The van der Waals surface area contributed by atoms with Gasteiger partial charge in [-0.1, -0.05) is 12.1 Å². The molecule has 27 heavy (non-hydrogen) atoms. The number of hydrogen-bond acceptors (Lipinski definition) is 4. The summed E-state index contributed by atoms with van der Waals surface area (Å²) in [5, 5.41) is 2.79. The van der Waals surface area contributed by atoms with Crippen molar-refractivity contribution in [3.8, 4) is 0 Å². The molecule has 0 atom stereocenters. The molecule has 0 aliphatic heterocycles. The molecule has 0 saturated carbocycles. The van der Waals surface area contributed by atoms with E-state index in [1.807, 2.05) is 0 Å². The van der Waals surface area contributed by atoms with E-state index in [0.717, 1.165) is 4.90 Å². The Morgan fingerprint density at radius 1 is 1.00 bits per heavy atom. The number of sulfonamides is 1. The van der Waals surface area contributed by atoms with E-state index >= 15 is 0 Å². The van der Waals surface area contributed by atoms with Gasteiger partial charge in [0.15, 0.2) is 0 Å². The highest BCUT2D eigenvalue weighted by atomic mass is 32.2. The molecule has 2 aromatic rings. The summed E-state index contributed by atoms with van der Waals surface area (Å²) < 4.78 is 25.9. The molecule has 0 unspecified atom stereocenters. The van der Waals surface area contributed by atoms with Gasteiger partial charge in [0.2, 0.25) is 15.9 Å². The number of amides is 1. The topological polar surface area (TPSA) is 66.5 Å². The Morgan fingerprint density at radius 2 is 1.67 bits per heavy atom. The first-order valence-electron chi connectivity index (χ1n) is 8.64. The maximum Gasteiger partial charge on any atom is 0.242 e. The molecule has 1 N–H and O–H groups in total. The lowest BCUT2D eigenvalue weighted by atomic mass is 10.1. The number of carbonyl (C=O) groups excluding carboxylic acids is 1. The first-order valence-corrected chi connectivity index (χ1v) is 11.1. The van der Waals surface area contributed by atoms with Gasteiger partial charge in [-0.2, -0.15) is 0 Å². The molecule has 5 nitrogen and oxygen atoms in total. The lowest BCUT2D eigenvalue weighted by Crippen LogP contribution is -2.23. The zero-order valence-electron chi connectivity index (χ0n) is 16.4. The van der Waals surface area contributed by atoms with E-state index in [1.54, 1.807) is 30.8 Å². The van der Waals surface area contributed by atoms with E-state index in [4.69, 9.17) is 0 Å². The van der Waals surface area contributed by atoms with Crippen LogP contribution in [0.15, 0.2) is 46.2 Å². The molecule has 2 rings (SSSR count). The minimum atomic E-state index is -3.55. The quantitative estimate of drug-likeness (QED) is 0.706. The predicted molar refractivity (Wildman–Crippen MR) is 112 cm³/mol. The zero-order chi connectivity index (χ0) is 20.2. The summed E-state index contributed by atoms with van der Waals surface area (Å²) in [6, 6.07) is 11.2. The molecule has 0 heterocycles. The van der Waals surface area contributed by atoms with Crippen LogP contribution in [0.25, 0.3) is 0 Å². The van der Waals surface area contributed by atoms with Gasteiger partial charge in [-0.05, 0) is 61.7 Å². The van der Waals surface area contributed by atoms with Crippen LogP contribution in [0.4, 0.5) is 5.69 Å². The summed E-state index contributed by atoms with van der Waals surface area (Å²) in [7, 11) is -0.568. The van der Waals surface area contributed by atoms with Crippen LogP contribution in [0, 0.1) is 20.8 Å². The number of nitrogens with one attached hydrogen (secondary N) is 1. The van der Waals surface area contributed by atoms with Gasteiger partial charge in [0.1, 0.15) is 0 Å². The minimum Gasteiger partial charge on any atom is -0.326 e. The number of anilines is 1. The maximum absolute atomic E-state index is 12.4. The molecule has 0 radical (unpaired) electrons. The Labute approximate surface area is 166 Å². The van der Waals surface area contributed by atoms with Crippen molar-refractivity contribution in [1.82, 2.24) is 4.31 Å². The summed E-state index contributed by atoms with van der Waals surface area (Å²) in [5.41, 5.74) is 3.62. The predicted octanol–water partition coefficient (Wildman–Crippen LogP) is 3.98. The monoisotopic (exact) mass is 406 g/mol. The van der Waals surface area contributed by atoms with E-state index in [1.165, 1.54) is 35.6 Å². The van der Waals surface area contributed by atoms with Crippen molar-refractivity contribution < 1.29 is 13.2 Å². The Hall–Kier alpha value is -1.83. The zero-order valence-corrected chi connectivity index (χ0v) is 18.0. The van der Waals surface area contributed by atoms with Crippen molar-refractivity contribution in [2.75, 3.05) is 25.2 Å².